The molecule has 5 heteroatoms. The van der Waals surface area contributed by atoms with E-state index in [1.807, 2.05) is 0 Å². The molecule has 1 fully saturated rings. The van der Waals surface area contributed by atoms with Gasteiger partial charge in [0.25, 0.3) is 0 Å². The van der Waals surface area contributed by atoms with Crippen molar-refractivity contribution in [2.75, 3.05) is 46.5 Å². The lowest BCUT2D eigenvalue weighted by atomic mass is 10.2. The monoisotopic (exact) mass is 341 g/mol. The zero-order valence-corrected chi connectivity index (χ0v) is 12.2. The van der Waals surface area contributed by atoms with Crippen LogP contribution in [0.5, 0.6) is 0 Å². The van der Waals surface area contributed by atoms with Crippen LogP contribution in [0.4, 0.5) is 0 Å². The van der Waals surface area contributed by atoms with Crippen LogP contribution in [0.3, 0.4) is 0 Å². The average molecular weight is 341 g/mol. The third-order valence-electron chi connectivity index (χ3n) is 2.69. The molecular weight excluding hydrogens is 321 g/mol. The normalized spacial score (nSPS) is 18.4. The topological polar surface area (TPSA) is 35.5 Å². The van der Waals surface area contributed by atoms with Crippen LogP contribution in [-0.4, -0.2) is 57.0 Å². The summed E-state index contributed by atoms with van der Waals surface area (Å²) >= 11 is 0. The van der Waals surface area contributed by atoms with E-state index in [4.69, 9.17) is 9.47 Å². The van der Waals surface area contributed by atoms with Gasteiger partial charge in [-0.3, -0.25) is 0 Å². The van der Waals surface area contributed by atoms with Crippen LogP contribution in [0.25, 0.3) is 0 Å². The van der Waals surface area contributed by atoms with Gasteiger partial charge in [-0.2, -0.15) is 0 Å². The van der Waals surface area contributed by atoms with E-state index in [2.05, 4.69) is 13.6 Å². The van der Waals surface area contributed by atoms with E-state index in [0.29, 0.717) is 18.7 Å². The molecule has 0 aromatic rings. The highest BCUT2D eigenvalue weighted by molar-refractivity contribution is 5.87. The number of ether oxygens (including phenoxy) is 2. The number of nitrogens with zero attached hydrogens (tertiary/aromatic N) is 1. The highest BCUT2D eigenvalue weighted by Gasteiger charge is 2.28. The molecule has 4 nitrogen and oxygen atoms in total. The SMILES string of the molecule is C=C(C[N+]1(C)CCOCC1)C(=O)OCC.[I-]. The predicted molar refractivity (Wildman–Crippen MR) is 57.4 cm³/mol. The minimum atomic E-state index is -0.275. The highest BCUT2D eigenvalue weighted by Crippen LogP contribution is 2.11. The summed E-state index contributed by atoms with van der Waals surface area (Å²) in [5, 5.41) is 0. The fourth-order valence-corrected chi connectivity index (χ4v) is 1.70. The lowest BCUT2D eigenvalue weighted by molar-refractivity contribution is -0.912. The number of carbonyl (C=O) groups is 1. The number of carbonyl (C=O) groups excluding carboxylic acids is 1. The molecular formula is C11H20INO3. The molecule has 0 amide bonds. The van der Waals surface area contributed by atoms with Crippen molar-refractivity contribution in [3.63, 3.8) is 0 Å². The van der Waals surface area contributed by atoms with Gasteiger partial charge in [0.15, 0.2) is 0 Å². The minimum Gasteiger partial charge on any atom is -1.00 e. The maximum atomic E-state index is 11.4. The fraction of sp³-hybridized carbons (Fsp3) is 0.727. The van der Waals surface area contributed by atoms with Crippen molar-refractivity contribution in [2.45, 2.75) is 6.92 Å². The van der Waals surface area contributed by atoms with E-state index >= 15 is 0 Å². The van der Waals surface area contributed by atoms with Gasteiger partial charge in [0, 0.05) is 0 Å². The van der Waals surface area contributed by atoms with Crippen molar-refractivity contribution >= 4 is 5.97 Å². The molecule has 1 aliphatic rings. The lowest BCUT2D eigenvalue weighted by Gasteiger charge is -2.37. The molecule has 1 saturated heterocycles. The van der Waals surface area contributed by atoms with Crippen molar-refractivity contribution in [1.29, 1.82) is 0 Å². The van der Waals surface area contributed by atoms with Gasteiger partial charge in [0.2, 0.25) is 0 Å². The van der Waals surface area contributed by atoms with Gasteiger partial charge in [-0.15, -0.1) is 0 Å². The van der Waals surface area contributed by atoms with Crippen molar-refractivity contribution in [3.8, 4) is 0 Å². The van der Waals surface area contributed by atoms with Crippen molar-refractivity contribution < 1.29 is 42.7 Å². The molecule has 0 radical (unpaired) electrons. The molecule has 0 aliphatic carbocycles. The maximum absolute atomic E-state index is 11.4. The first kappa shape index (κ1) is 15.9. The largest absolute Gasteiger partial charge is 1.00 e. The van der Waals surface area contributed by atoms with Crippen LogP contribution >= 0.6 is 0 Å². The van der Waals surface area contributed by atoms with Crippen molar-refractivity contribution in [2.24, 2.45) is 0 Å². The quantitative estimate of drug-likeness (QED) is 0.247. The molecule has 0 atom stereocenters. The van der Waals surface area contributed by atoms with Crippen LogP contribution in [0.1, 0.15) is 6.92 Å². The Labute approximate surface area is 114 Å². The van der Waals surface area contributed by atoms with E-state index in [-0.39, 0.29) is 29.9 Å². The Morgan fingerprint density at radius 1 is 1.44 bits per heavy atom. The molecule has 1 heterocycles. The third-order valence-corrected chi connectivity index (χ3v) is 2.69. The number of halogens is 1. The summed E-state index contributed by atoms with van der Waals surface area (Å²) in [5.41, 5.74) is 0.557. The summed E-state index contributed by atoms with van der Waals surface area (Å²) in [7, 11) is 2.12. The number of esters is 1. The van der Waals surface area contributed by atoms with E-state index in [0.717, 1.165) is 30.8 Å². The second-order valence-electron chi connectivity index (χ2n) is 4.16. The van der Waals surface area contributed by atoms with Gasteiger partial charge in [-0.25, -0.2) is 4.79 Å². The number of morpholine rings is 1. The zero-order valence-electron chi connectivity index (χ0n) is 10.00. The number of quaternary nitrogens is 1. The molecule has 1 rings (SSSR count). The minimum absolute atomic E-state index is 0. The molecule has 1 aliphatic heterocycles. The molecule has 16 heavy (non-hydrogen) atoms. The van der Waals surface area contributed by atoms with Crippen LogP contribution < -0.4 is 24.0 Å². The Balaban J connectivity index is 0.00000225. The molecule has 0 saturated carbocycles. The van der Waals surface area contributed by atoms with Crippen LogP contribution in [0.2, 0.25) is 0 Å². The first-order valence-corrected chi connectivity index (χ1v) is 5.33. The van der Waals surface area contributed by atoms with Gasteiger partial charge < -0.3 is 37.9 Å². The molecule has 94 valence electrons. The fourth-order valence-electron chi connectivity index (χ4n) is 1.70. The maximum Gasteiger partial charge on any atom is 0.339 e. The van der Waals surface area contributed by atoms with Gasteiger partial charge in [-0.05, 0) is 6.92 Å². The Morgan fingerprint density at radius 3 is 2.50 bits per heavy atom. The van der Waals surface area contributed by atoms with E-state index in [9.17, 15) is 4.79 Å². The van der Waals surface area contributed by atoms with Crippen LogP contribution in [-0.2, 0) is 14.3 Å². The highest BCUT2D eigenvalue weighted by atomic mass is 127. The van der Waals surface area contributed by atoms with Gasteiger partial charge in [0.05, 0.1) is 32.4 Å². The van der Waals surface area contributed by atoms with Crippen molar-refractivity contribution in [3.05, 3.63) is 12.2 Å². The van der Waals surface area contributed by atoms with E-state index in [1.54, 1.807) is 6.92 Å². The zero-order chi connectivity index (χ0) is 11.3. The second-order valence-corrected chi connectivity index (χ2v) is 4.16. The Morgan fingerprint density at radius 2 is 2.00 bits per heavy atom. The summed E-state index contributed by atoms with van der Waals surface area (Å²) in [5.74, 6) is -0.275. The summed E-state index contributed by atoms with van der Waals surface area (Å²) in [4.78, 5) is 11.4. The average Bonchev–Trinajstić information content (AvgIpc) is 2.18. The number of hydrogen-bond acceptors (Lipinski definition) is 3. The molecule has 0 aromatic carbocycles. The summed E-state index contributed by atoms with van der Waals surface area (Å²) in [6.07, 6.45) is 0. The Bertz CT molecular complexity index is 250. The molecule has 0 spiro atoms. The predicted octanol–water partition coefficient (Wildman–Crippen LogP) is -2.41. The lowest BCUT2D eigenvalue weighted by Crippen LogP contribution is -3.00. The Kier molecular flexibility index (Phi) is 7.17. The van der Waals surface area contributed by atoms with Crippen LogP contribution in [0.15, 0.2) is 12.2 Å². The molecule has 0 aromatic heterocycles. The van der Waals surface area contributed by atoms with Crippen molar-refractivity contribution in [1.82, 2.24) is 0 Å². The summed E-state index contributed by atoms with van der Waals surface area (Å²) in [6, 6.07) is 0. The first-order valence-electron chi connectivity index (χ1n) is 5.33. The van der Waals surface area contributed by atoms with E-state index in [1.165, 1.54) is 0 Å². The summed E-state index contributed by atoms with van der Waals surface area (Å²) in [6.45, 7) is 10.0. The van der Waals surface area contributed by atoms with Crippen LogP contribution in [0, 0.1) is 0 Å². The van der Waals surface area contributed by atoms with Gasteiger partial charge in [-0.1, -0.05) is 6.58 Å². The van der Waals surface area contributed by atoms with Gasteiger partial charge >= 0.3 is 5.97 Å². The Hall–Kier alpha value is -0.140. The number of rotatable bonds is 4. The first-order chi connectivity index (χ1) is 7.07. The second kappa shape index (κ2) is 7.24. The molecule has 0 bridgehead atoms. The number of hydrogen-bond donors (Lipinski definition) is 0. The van der Waals surface area contributed by atoms with E-state index < -0.39 is 0 Å². The standard InChI is InChI=1S/C11H20NO3.HI/c1-4-15-11(13)10(2)9-12(3)5-7-14-8-6-12;/h2,4-9H2,1,3H3;1H/q+1;/p-1. The molecule has 0 unspecified atom stereocenters. The van der Waals surface area contributed by atoms with Gasteiger partial charge in [0.1, 0.15) is 19.6 Å². The smallest absolute Gasteiger partial charge is 0.339 e. The third kappa shape index (κ3) is 4.80. The molecule has 0 N–H and O–H groups in total. The number of likely N-dealkylation sites (N-methyl/N-ethyl adjacent to an activating group) is 1. The summed E-state index contributed by atoms with van der Waals surface area (Å²) < 4.78 is 11.0.